The summed E-state index contributed by atoms with van der Waals surface area (Å²) in [5.41, 5.74) is 1.78. The second kappa shape index (κ2) is 9.24. The highest BCUT2D eigenvalue weighted by Gasteiger charge is 2.49. The molecule has 0 radical (unpaired) electrons. The number of fused-ring (bicyclic) bond motifs is 3. The van der Waals surface area contributed by atoms with Crippen LogP contribution in [0.15, 0.2) is 58.8 Å². The first kappa shape index (κ1) is 24.3. The Bertz CT molecular complexity index is 1310. The summed E-state index contributed by atoms with van der Waals surface area (Å²) in [6.07, 6.45) is 3.55. The van der Waals surface area contributed by atoms with Gasteiger partial charge in [-0.15, -0.1) is 10.2 Å². The molecule has 2 atom stereocenters. The van der Waals surface area contributed by atoms with Crippen LogP contribution in [-0.4, -0.2) is 46.8 Å². The number of para-hydroxylation sites is 3. The predicted octanol–water partition coefficient (Wildman–Crippen LogP) is 5.90. The summed E-state index contributed by atoms with van der Waals surface area (Å²) >= 11 is 0. The predicted molar refractivity (Wildman–Crippen MR) is 138 cm³/mol. The van der Waals surface area contributed by atoms with E-state index in [4.69, 9.17) is 9.47 Å². The monoisotopic (exact) mass is 490 g/mol. The molecule has 1 saturated carbocycles. The smallest absolute Gasteiger partial charge is 0.302 e. The standard InChI is InChI=1S/C28H34N4O4/c1-27(2)13-19-14-28(3,16-27)17-31(19)18-32-21-10-6-5-9-20(21)25(26(32)34)30-29-24(33)15-36-23-12-8-7-11-22(23)35-4/h5-12,19,34H,13-18H2,1-4H3. The molecule has 1 aliphatic carbocycles. The first-order valence-electron chi connectivity index (χ1n) is 12.4. The molecule has 36 heavy (non-hydrogen) atoms. The molecular weight excluding hydrogens is 456 g/mol. The number of azo groups is 1. The van der Waals surface area contributed by atoms with Crippen LogP contribution in [0.4, 0.5) is 5.69 Å². The fraction of sp³-hybridized carbons (Fsp3) is 0.464. The van der Waals surface area contributed by atoms with E-state index in [1.165, 1.54) is 12.8 Å². The Hall–Kier alpha value is -3.39. The van der Waals surface area contributed by atoms with Crippen LogP contribution in [0.25, 0.3) is 10.9 Å². The third-order valence-corrected chi connectivity index (χ3v) is 7.45. The molecule has 0 spiro atoms. The van der Waals surface area contributed by atoms with Crippen LogP contribution in [0.3, 0.4) is 0 Å². The van der Waals surface area contributed by atoms with Crippen molar-refractivity contribution in [2.24, 2.45) is 21.1 Å². The molecule has 2 aromatic carbocycles. The molecule has 8 heteroatoms. The Morgan fingerprint density at radius 1 is 1.08 bits per heavy atom. The quantitative estimate of drug-likeness (QED) is 0.416. The largest absolute Gasteiger partial charge is 0.493 e. The average Bonchev–Trinajstić information content (AvgIpc) is 3.24. The maximum atomic E-state index is 12.4. The summed E-state index contributed by atoms with van der Waals surface area (Å²) in [6, 6.07) is 15.3. The van der Waals surface area contributed by atoms with Crippen molar-refractivity contribution < 1.29 is 19.4 Å². The summed E-state index contributed by atoms with van der Waals surface area (Å²) in [6.45, 7) is 8.39. The number of methoxy groups -OCH3 is 1. The summed E-state index contributed by atoms with van der Waals surface area (Å²) in [5, 5.41) is 19.9. The second-order valence-corrected chi connectivity index (χ2v) is 11.3. The molecule has 2 bridgehead atoms. The lowest BCUT2D eigenvalue weighted by Gasteiger charge is -2.40. The lowest BCUT2D eigenvalue weighted by atomic mass is 9.65. The molecule has 2 unspecified atom stereocenters. The van der Waals surface area contributed by atoms with E-state index in [9.17, 15) is 9.90 Å². The molecular formula is C28H34N4O4. The molecule has 1 aliphatic heterocycles. The van der Waals surface area contributed by atoms with Crippen LogP contribution in [0.5, 0.6) is 17.4 Å². The summed E-state index contributed by atoms with van der Waals surface area (Å²) < 4.78 is 12.7. The van der Waals surface area contributed by atoms with Crippen molar-refractivity contribution in [1.29, 1.82) is 0 Å². The first-order valence-corrected chi connectivity index (χ1v) is 12.4. The van der Waals surface area contributed by atoms with E-state index in [1.807, 2.05) is 34.9 Å². The van der Waals surface area contributed by atoms with Crippen LogP contribution < -0.4 is 9.47 Å². The molecule has 1 aromatic heterocycles. The van der Waals surface area contributed by atoms with Gasteiger partial charge in [0, 0.05) is 18.0 Å². The number of likely N-dealkylation sites (tertiary alicyclic amines) is 1. The van der Waals surface area contributed by atoms with Crippen molar-refractivity contribution in [2.75, 3.05) is 20.3 Å². The molecule has 3 aromatic rings. The van der Waals surface area contributed by atoms with Crippen LogP contribution >= 0.6 is 0 Å². The Labute approximate surface area is 211 Å². The van der Waals surface area contributed by atoms with Gasteiger partial charge in [0.1, 0.15) is 0 Å². The van der Waals surface area contributed by atoms with E-state index in [1.54, 1.807) is 25.3 Å². The van der Waals surface area contributed by atoms with Gasteiger partial charge in [-0.2, -0.15) is 0 Å². The van der Waals surface area contributed by atoms with Crippen LogP contribution in [0, 0.1) is 10.8 Å². The molecule has 2 heterocycles. The molecule has 1 N–H and O–H groups in total. The minimum atomic E-state index is -0.555. The highest BCUT2D eigenvalue weighted by molar-refractivity contribution is 5.95. The number of amides is 1. The zero-order valence-corrected chi connectivity index (χ0v) is 21.4. The lowest BCUT2D eigenvalue weighted by Crippen LogP contribution is -2.35. The molecule has 190 valence electrons. The topological polar surface area (TPSA) is 88.6 Å². The number of carbonyl (C=O) groups excluding carboxylic acids is 1. The number of aromatic nitrogens is 1. The fourth-order valence-corrected chi connectivity index (χ4v) is 6.45. The van der Waals surface area contributed by atoms with Crippen molar-refractivity contribution in [3.05, 3.63) is 48.5 Å². The van der Waals surface area contributed by atoms with E-state index in [0.29, 0.717) is 40.7 Å². The van der Waals surface area contributed by atoms with Crippen LogP contribution in [0.2, 0.25) is 0 Å². The zero-order valence-electron chi connectivity index (χ0n) is 21.4. The third-order valence-electron chi connectivity index (χ3n) is 7.45. The van der Waals surface area contributed by atoms with Gasteiger partial charge >= 0.3 is 5.91 Å². The van der Waals surface area contributed by atoms with Gasteiger partial charge < -0.3 is 14.6 Å². The highest BCUT2D eigenvalue weighted by atomic mass is 16.5. The molecule has 2 aliphatic rings. The molecule has 1 saturated heterocycles. The van der Waals surface area contributed by atoms with Crippen molar-refractivity contribution in [1.82, 2.24) is 9.47 Å². The Morgan fingerprint density at radius 3 is 2.58 bits per heavy atom. The highest BCUT2D eigenvalue weighted by Crippen LogP contribution is 2.53. The Kier molecular flexibility index (Phi) is 6.24. The van der Waals surface area contributed by atoms with Crippen molar-refractivity contribution >= 4 is 22.5 Å². The fourth-order valence-electron chi connectivity index (χ4n) is 6.45. The van der Waals surface area contributed by atoms with Gasteiger partial charge in [0.15, 0.2) is 23.8 Å². The number of ether oxygens (including phenoxy) is 2. The van der Waals surface area contributed by atoms with Crippen LogP contribution in [0.1, 0.15) is 40.0 Å². The van der Waals surface area contributed by atoms with Gasteiger partial charge in [0.2, 0.25) is 5.88 Å². The van der Waals surface area contributed by atoms with Gasteiger partial charge in [-0.25, -0.2) is 0 Å². The molecule has 5 rings (SSSR count). The van der Waals surface area contributed by atoms with Crippen molar-refractivity contribution in [3.8, 4) is 17.4 Å². The van der Waals surface area contributed by atoms with Gasteiger partial charge in [-0.1, -0.05) is 51.1 Å². The van der Waals surface area contributed by atoms with Crippen molar-refractivity contribution in [3.63, 3.8) is 0 Å². The van der Waals surface area contributed by atoms with Crippen LogP contribution in [-0.2, 0) is 11.5 Å². The minimum Gasteiger partial charge on any atom is -0.493 e. The van der Waals surface area contributed by atoms with E-state index in [-0.39, 0.29) is 12.5 Å². The molecule has 1 amide bonds. The first-order chi connectivity index (χ1) is 17.2. The second-order valence-electron chi connectivity index (χ2n) is 11.3. The average molecular weight is 491 g/mol. The van der Waals surface area contributed by atoms with E-state index < -0.39 is 5.91 Å². The lowest BCUT2D eigenvalue weighted by molar-refractivity contribution is -0.120. The van der Waals surface area contributed by atoms with E-state index >= 15 is 0 Å². The number of carbonyl (C=O) groups is 1. The van der Waals surface area contributed by atoms with Gasteiger partial charge in [-0.05, 0) is 48.3 Å². The number of rotatable bonds is 7. The molecule has 8 nitrogen and oxygen atoms in total. The number of hydrogen-bond donors (Lipinski definition) is 1. The zero-order chi connectivity index (χ0) is 25.5. The van der Waals surface area contributed by atoms with E-state index in [0.717, 1.165) is 23.9 Å². The maximum Gasteiger partial charge on any atom is 0.302 e. The number of hydrogen-bond acceptors (Lipinski definition) is 6. The maximum absolute atomic E-state index is 12.4. The molecule has 2 fully saturated rings. The Balaban J connectivity index is 1.36. The SMILES string of the molecule is COc1ccccc1OCC(=O)N=Nc1c(O)n(CN2CC3(C)CC2CC(C)(C)C3)c2ccccc12. The normalized spacial score (nSPS) is 23.4. The Morgan fingerprint density at radius 2 is 1.81 bits per heavy atom. The third kappa shape index (κ3) is 4.69. The van der Waals surface area contributed by atoms with E-state index in [2.05, 4.69) is 35.9 Å². The number of aromatic hydroxyl groups is 1. The van der Waals surface area contributed by atoms with Crippen molar-refractivity contribution in [2.45, 2.75) is 52.7 Å². The summed E-state index contributed by atoms with van der Waals surface area (Å²) in [7, 11) is 1.54. The van der Waals surface area contributed by atoms with Gasteiger partial charge in [-0.3, -0.25) is 14.3 Å². The number of nitrogens with zero attached hydrogens (tertiary/aromatic N) is 4. The van der Waals surface area contributed by atoms with Gasteiger partial charge in [0.25, 0.3) is 0 Å². The summed E-state index contributed by atoms with van der Waals surface area (Å²) in [4.78, 5) is 14.9. The summed E-state index contributed by atoms with van der Waals surface area (Å²) in [5.74, 6) is 0.451. The minimum absolute atomic E-state index is 0.0178. The van der Waals surface area contributed by atoms with Gasteiger partial charge in [0.05, 0.1) is 19.3 Å². The number of benzene rings is 2.